The normalized spacial score (nSPS) is 10.7. The highest BCUT2D eigenvalue weighted by atomic mass is 35.5. The number of thiophene rings is 1. The van der Waals surface area contributed by atoms with Gasteiger partial charge in [-0.15, -0.1) is 11.3 Å². The van der Waals surface area contributed by atoms with E-state index in [-0.39, 0.29) is 6.61 Å². The van der Waals surface area contributed by atoms with Crippen molar-refractivity contribution in [3.63, 3.8) is 0 Å². The third kappa shape index (κ3) is 2.80. The predicted molar refractivity (Wildman–Crippen MR) is 78.4 cm³/mol. The lowest BCUT2D eigenvalue weighted by molar-refractivity contribution is 0.243. The fourth-order valence-electron chi connectivity index (χ4n) is 1.57. The summed E-state index contributed by atoms with van der Waals surface area (Å²) in [5.74, 6) is 1.32. The van der Waals surface area contributed by atoms with Crippen molar-refractivity contribution in [2.45, 2.75) is 6.61 Å². The molecule has 0 aliphatic rings. The van der Waals surface area contributed by atoms with E-state index >= 15 is 0 Å². The molecule has 0 saturated heterocycles. The Morgan fingerprint density at radius 3 is 2.65 bits per heavy atom. The maximum absolute atomic E-state index is 6.01. The number of rotatable bonds is 4. The van der Waals surface area contributed by atoms with Gasteiger partial charge < -0.3 is 9.26 Å². The molecule has 2 aromatic heterocycles. The minimum absolute atomic E-state index is 0.113. The number of hydrogen-bond acceptors (Lipinski definition) is 5. The number of hydrogen-bond donors (Lipinski definition) is 0. The first kappa shape index (κ1) is 13.4. The first-order valence-electron chi connectivity index (χ1n) is 5.67. The van der Waals surface area contributed by atoms with Crippen LogP contribution < -0.4 is 4.74 Å². The summed E-state index contributed by atoms with van der Waals surface area (Å²) in [5, 5.41) is 6.72. The van der Waals surface area contributed by atoms with Crippen LogP contribution in [0.3, 0.4) is 0 Å². The van der Waals surface area contributed by atoms with E-state index in [0.717, 1.165) is 4.88 Å². The monoisotopic (exact) mass is 326 g/mol. The molecule has 7 heteroatoms. The Hall–Kier alpha value is -1.56. The van der Waals surface area contributed by atoms with Crippen LogP contribution in [-0.2, 0) is 6.61 Å². The van der Waals surface area contributed by atoms with Gasteiger partial charge in [-0.2, -0.15) is 4.98 Å². The fourth-order valence-corrected chi connectivity index (χ4v) is 2.73. The Bertz CT molecular complexity index is 693. The molecule has 102 valence electrons. The summed E-state index contributed by atoms with van der Waals surface area (Å²) < 4.78 is 10.7. The predicted octanol–water partition coefficient (Wildman–Crippen LogP) is 4.68. The van der Waals surface area contributed by atoms with Gasteiger partial charge in [-0.25, -0.2) is 0 Å². The average molecular weight is 327 g/mol. The molecule has 2 heterocycles. The first-order valence-corrected chi connectivity index (χ1v) is 7.31. The molecule has 4 nitrogen and oxygen atoms in total. The Balaban J connectivity index is 1.73. The van der Waals surface area contributed by atoms with Crippen LogP contribution in [0.1, 0.15) is 5.89 Å². The van der Waals surface area contributed by atoms with Crippen LogP contribution >= 0.6 is 34.5 Å². The molecule has 0 saturated carbocycles. The van der Waals surface area contributed by atoms with Crippen LogP contribution in [0.5, 0.6) is 5.75 Å². The Labute approximate surface area is 128 Å². The Kier molecular flexibility index (Phi) is 3.91. The second-order valence-corrected chi connectivity index (χ2v) is 5.59. The van der Waals surface area contributed by atoms with Crippen LogP contribution in [0.2, 0.25) is 10.0 Å². The lowest BCUT2D eigenvalue weighted by atomic mass is 10.3. The lowest BCUT2D eigenvalue weighted by Gasteiger charge is -2.06. The number of halogens is 2. The average Bonchev–Trinajstić information content (AvgIpc) is 3.09. The standard InChI is InChI=1S/C13H8Cl2N2O2S/c14-8-3-1-4-9(15)12(8)18-7-11-16-13(17-19-11)10-5-2-6-20-10/h1-6H,7H2. The van der Waals surface area contributed by atoms with E-state index in [1.165, 1.54) is 0 Å². The van der Waals surface area contributed by atoms with Crippen molar-refractivity contribution < 1.29 is 9.26 Å². The molecule has 20 heavy (non-hydrogen) atoms. The first-order chi connectivity index (χ1) is 9.74. The zero-order chi connectivity index (χ0) is 13.9. The van der Waals surface area contributed by atoms with E-state index in [2.05, 4.69) is 10.1 Å². The summed E-state index contributed by atoms with van der Waals surface area (Å²) in [6.07, 6.45) is 0. The molecule has 0 aliphatic carbocycles. The molecular formula is C13H8Cl2N2O2S. The number of ether oxygens (including phenoxy) is 1. The fraction of sp³-hybridized carbons (Fsp3) is 0.0769. The Morgan fingerprint density at radius 1 is 1.15 bits per heavy atom. The molecule has 0 unspecified atom stereocenters. The van der Waals surface area contributed by atoms with E-state index in [9.17, 15) is 0 Å². The molecule has 0 atom stereocenters. The largest absolute Gasteiger partial charge is 0.481 e. The number of aromatic nitrogens is 2. The molecule has 0 radical (unpaired) electrons. The molecule has 3 aromatic rings. The summed E-state index contributed by atoms with van der Waals surface area (Å²) in [6, 6.07) is 9.00. The van der Waals surface area contributed by atoms with E-state index in [4.69, 9.17) is 32.5 Å². The zero-order valence-corrected chi connectivity index (χ0v) is 12.4. The lowest BCUT2D eigenvalue weighted by Crippen LogP contribution is -1.96. The maximum Gasteiger partial charge on any atom is 0.264 e. The highest BCUT2D eigenvalue weighted by Gasteiger charge is 2.12. The molecule has 0 N–H and O–H groups in total. The van der Waals surface area contributed by atoms with Crippen molar-refractivity contribution >= 4 is 34.5 Å². The van der Waals surface area contributed by atoms with Gasteiger partial charge in [0.25, 0.3) is 5.89 Å². The topological polar surface area (TPSA) is 48.2 Å². The van der Waals surface area contributed by atoms with Gasteiger partial charge in [0.15, 0.2) is 12.4 Å². The third-order valence-electron chi connectivity index (χ3n) is 2.47. The number of para-hydroxylation sites is 1. The van der Waals surface area contributed by atoms with Crippen LogP contribution in [0, 0.1) is 0 Å². The van der Waals surface area contributed by atoms with E-state index in [1.807, 2.05) is 17.5 Å². The van der Waals surface area contributed by atoms with Gasteiger partial charge in [0.1, 0.15) is 0 Å². The van der Waals surface area contributed by atoms with Crippen LogP contribution in [0.25, 0.3) is 10.7 Å². The van der Waals surface area contributed by atoms with Gasteiger partial charge in [-0.1, -0.05) is 40.5 Å². The van der Waals surface area contributed by atoms with Gasteiger partial charge in [-0.05, 0) is 23.6 Å². The number of benzene rings is 1. The second kappa shape index (κ2) is 5.83. The Morgan fingerprint density at radius 2 is 1.95 bits per heavy atom. The van der Waals surface area contributed by atoms with Gasteiger partial charge in [0.05, 0.1) is 14.9 Å². The van der Waals surface area contributed by atoms with Crippen molar-refractivity contribution in [1.29, 1.82) is 0 Å². The van der Waals surface area contributed by atoms with E-state index in [1.54, 1.807) is 29.5 Å². The van der Waals surface area contributed by atoms with Crippen LogP contribution in [-0.4, -0.2) is 10.1 Å². The molecule has 0 bridgehead atoms. The summed E-state index contributed by atoms with van der Waals surface area (Å²) >= 11 is 13.6. The molecule has 0 amide bonds. The zero-order valence-electron chi connectivity index (χ0n) is 10.0. The van der Waals surface area contributed by atoms with Crippen molar-refractivity contribution in [2.24, 2.45) is 0 Å². The van der Waals surface area contributed by atoms with Crippen molar-refractivity contribution in [2.75, 3.05) is 0 Å². The molecule has 0 spiro atoms. The van der Waals surface area contributed by atoms with Crippen molar-refractivity contribution in [1.82, 2.24) is 10.1 Å². The molecule has 3 rings (SSSR count). The maximum atomic E-state index is 6.01. The molecular weight excluding hydrogens is 319 g/mol. The summed E-state index contributed by atoms with van der Waals surface area (Å²) in [6.45, 7) is 0.113. The van der Waals surface area contributed by atoms with Gasteiger partial charge >= 0.3 is 0 Å². The summed E-state index contributed by atoms with van der Waals surface area (Å²) in [4.78, 5) is 5.19. The minimum Gasteiger partial charge on any atom is -0.481 e. The quantitative estimate of drug-likeness (QED) is 0.698. The number of nitrogens with zero attached hydrogens (tertiary/aromatic N) is 2. The SMILES string of the molecule is Clc1cccc(Cl)c1OCc1nc(-c2cccs2)no1. The van der Waals surface area contributed by atoms with Crippen molar-refractivity contribution in [3.05, 3.63) is 51.6 Å². The highest BCUT2D eigenvalue weighted by Crippen LogP contribution is 2.33. The molecule has 0 aliphatic heterocycles. The highest BCUT2D eigenvalue weighted by molar-refractivity contribution is 7.13. The molecule has 0 fully saturated rings. The second-order valence-electron chi connectivity index (χ2n) is 3.83. The van der Waals surface area contributed by atoms with Crippen molar-refractivity contribution in [3.8, 4) is 16.5 Å². The summed E-state index contributed by atoms with van der Waals surface area (Å²) in [5.41, 5.74) is 0. The minimum atomic E-state index is 0.113. The van der Waals surface area contributed by atoms with Gasteiger partial charge in [0.2, 0.25) is 5.82 Å². The van der Waals surface area contributed by atoms with Crippen LogP contribution in [0.4, 0.5) is 0 Å². The van der Waals surface area contributed by atoms with Gasteiger partial charge in [-0.3, -0.25) is 0 Å². The van der Waals surface area contributed by atoms with E-state index in [0.29, 0.717) is 27.5 Å². The molecule has 1 aromatic carbocycles. The van der Waals surface area contributed by atoms with Gasteiger partial charge in [0, 0.05) is 0 Å². The van der Waals surface area contributed by atoms with Crippen LogP contribution in [0.15, 0.2) is 40.2 Å². The smallest absolute Gasteiger partial charge is 0.264 e. The van der Waals surface area contributed by atoms with E-state index < -0.39 is 0 Å². The summed E-state index contributed by atoms with van der Waals surface area (Å²) in [7, 11) is 0. The third-order valence-corrected chi connectivity index (χ3v) is 3.93.